The maximum absolute atomic E-state index is 12.0. The van der Waals surface area contributed by atoms with Crippen molar-refractivity contribution in [2.24, 2.45) is 57.2 Å². The number of hydrogen-bond donors (Lipinski definition) is 2. The average Bonchev–Trinajstić information content (AvgIpc) is 3.24. The van der Waals surface area contributed by atoms with Crippen LogP contribution in [0.1, 0.15) is 107 Å². The highest BCUT2D eigenvalue weighted by Crippen LogP contribution is 2.89. The van der Waals surface area contributed by atoms with E-state index in [9.17, 15) is 9.90 Å². The van der Waals surface area contributed by atoms with E-state index in [0.717, 1.165) is 43.7 Å². The number of carbonyl (C=O) groups excluding carboxylic acids is 1. The third kappa shape index (κ3) is 4.12. The molecule has 0 bridgehead atoms. The van der Waals surface area contributed by atoms with Gasteiger partial charge in [-0.25, -0.2) is 0 Å². The number of ether oxygens (including phenoxy) is 3. The summed E-state index contributed by atoms with van der Waals surface area (Å²) in [7, 11) is 1.80. The van der Waals surface area contributed by atoms with Crippen LogP contribution >= 0.6 is 0 Å². The zero-order valence-corrected chi connectivity index (χ0v) is 27.4. The van der Waals surface area contributed by atoms with Gasteiger partial charge in [0.1, 0.15) is 0 Å². The molecule has 1 aliphatic heterocycles. The lowest BCUT2D eigenvalue weighted by molar-refractivity contribution is -0.208. The summed E-state index contributed by atoms with van der Waals surface area (Å²) in [5.74, 6) is 3.77. The van der Waals surface area contributed by atoms with Gasteiger partial charge in [-0.1, -0.05) is 34.6 Å². The molecule has 5 saturated carbocycles. The van der Waals surface area contributed by atoms with Gasteiger partial charge in [0.25, 0.3) is 0 Å². The Balaban J connectivity index is 1.25. The lowest BCUT2D eigenvalue weighted by atomic mass is 9.45. The Kier molecular flexibility index (Phi) is 7.33. The number of esters is 1. The van der Waals surface area contributed by atoms with Crippen LogP contribution in [-0.4, -0.2) is 61.3 Å². The molecule has 6 heteroatoms. The lowest BCUT2D eigenvalue weighted by Gasteiger charge is -2.60. The van der Waals surface area contributed by atoms with Gasteiger partial charge in [0.2, 0.25) is 0 Å². The molecule has 0 radical (unpaired) electrons. The summed E-state index contributed by atoms with van der Waals surface area (Å²) in [6, 6.07) is 0.574. The molecule has 0 aromatic carbocycles. The molecule has 0 aromatic rings. The molecule has 2 spiro atoms. The molecule has 13 atom stereocenters. The van der Waals surface area contributed by atoms with Crippen LogP contribution in [0.25, 0.3) is 0 Å². The van der Waals surface area contributed by atoms with Crippen LogP contribution in [0.2, 0.25) is 0 Å². The summed E-state index contributed by atoms with van der Waals surface area (Å²) >= 11 is 0. The minimum absolute atomic E-state index is 0.189. The molecule has 41 heavy (non-hydrogen) atoms. The number of fused-ring (bicyclic) bond motifs is 4. The molecule has 6 rings (SSSR count). The molecular formula is C35H59NO5. The van der Waals surface area contributed by atoms with Gasteiger partial charge in [-0.3, -0.25) is 4.79 Å². The largest absolute Gasteiger partial charge is 0.457 e. The molecule has 0 aromatic heterocycles. The van der Waals surface area contributed by atoms with Crippen LogP contribution in [0.5, 0.6) is 0 Å². The molecule has 234 valence electrons. The molecule has 6 aliphatic rings. The smallest absolute Gasteiger partial charge is 0.303 e. The Morgan fingerprint density at radius 2 is 1.78 bits per heavy atom. The Hall–Kier alpha value is -0.690. The molecule has 6 fully saturated rings. The second-order valence-electron chi connectivity index (χ2n) is 16.9. The molecule has 1 saturated heterocycles. The first-order chi connectivity index (χ1) is 19.2. The summed E-state index contributed by atoms with van der Waals surface area (Å²) in [4.78, 5) is 12.0. The maximum Gasteiger partial charge on any atom is 0.303 e. The summed E-state index contributed by atoms with van der Waals surface area (Å²) in [5, 5.41) is 14.8. The van der Waals surface area contributed by atoms with Gasteiger partial charge in [-0.2, -0.15) is 0 Å². The van der Waals surface area contributed by atoms with Crippen molar-refractivity contribution in [2.45, 2.75) is 137 Å². The Bertz CT molecular complexity index is 1020. The molecule has 6 nitrogen and oxygen atoms in total. The predicted octanol–water partition coefficient (Wildman–Crippen LogP) is 5.99. The van der Waals surface area contributed by atoms with E-state index in [1.54, 1.807) is 21.0 Å². The van der Waals surface area contributed by atoms with Gasteiger partial charge in [0.05, 0.1) is 24.4 Å². The number of rotatable bonds is 7. The van der Waals surface area contributed by atoms with Crippen molar-refractivity contribution in [3.8, 4) is 0 Å². The minimum atomic E-state index is -1.14. The van der Waals surface area contributed by atoms with Crippen LogP contribution in [0.15, 0.2) is 0 Å². The van der Waals surface area contributed by atoms with Gasteiger partial charge in [-0.05, 0) is 122 Å². The van der Waals surface area contributed by atoms with E-state index >= 15 is 0 Å². The third-order valence-corrected chi connectivity index (χ3v) is 14.7. The number of carbonyl (C=O) groups is 1. The van der Waals surface area contributed by atoms with E-state index in [0.29, 0.717) is 45.5 Å². The van der Waals surface area contributed by atoms with E-state index in [1.165, 1.54) is 45.4 Å². The highest BCUT2D eigenvalue weighted by Gasteiger charge is 2.84. The zero-order chi connectivity index (χ0) is 29.8. The van der Waals surface area contributed by atoms with E-state index in [-0.39, 0.29) is 18.2 Å². The third-order valence-electron chi connectivity index (χ3n) is 14.7. The number of aliphatic hydroxyl groups is 1. The normalized spacial score (nSPS) is 50.4. The van der Waals surface area contributed by atoms with Crippen molar-refractivity contribution in [1.82, 2.24) is 5.32 Å². The molecular weight excluding hydrogens is 514 g/mol. The van der Waals surface area contributed by atoms with Crippen LogP contribution in [0.3, 0.4) is 0 Å². The molecule has 1 heterocycles. The fraction of sp³-hybridized carbons (Fsp3) is 0.971. The monoisotopic (exact) mass is 573 g/mol. The first kappa shape index (κ1) is 30.3. The fourth-order valence-corrected chi connectivity index (χ4v) is 13.4. The Morgan fingerprint density at radius 1 is 1.05 bits per heavy atom. The summed E-state index contributed by atoms with van der Waals surface area (Å²) in [6.45, 7) is 19.4. The quantitative estimate of drug-likeness (QED) is 0.288. The second kappa shape index (κ2) is 9.91. The molecule has 5 aliphatic carbocycles. The molecule has 2 N–H and O–H groups in total. The standard InChI is InChI=1S/C35H59NO5/c1-20-18-26(30(32(6,7)38)40-22(3)37)41-25-19-24-23-10-11-27-31(4,5)28(36-16-17-39-9)12-13-35(27)21(2)34(23,35)15-14-33(24,8)29(20)25/h20-21,23-30,36,38H,10-19H2,1-9H3/t20-,21+,23?,24?,25?,26?,27?,28+,29?,30+,33+,34+,35-/m1/s1. The van der Waals surface area contributed by atoms with Gasteiger partial charge < -0.3 is 24.6 Å². The summed E-state index contributed by atoms with van der Waals surface area (Å²) < 4.78 is 18.0. The van der Waals surface area contributed by atoms with Gasteiger partial charge >= 0.3 is 5.97 Å². The van der Waals surface area contributed by atoms with Gasteiger partial charge in [0, 0.05) is 26.6 Å². The van der Waals surface area contributed by atoms with E-state index in [4.69, 9.17) is 14.2 Å². The maximum atomic E-state index is 12.0. The van der Waals surface area contributed by atoms with E-state index < -0.39 is 11.7 Å². The van der Waals surface area contributed by atoms with Crippen molar-refractivity contribution >= 4 is 5.97 Å². The minimum Gasteiger partial charge on any atom is -0.457 e. The Morgan fingerprint density at radius 3 is 2.44 bits per heavy atom. The van der Waals surface area contributed by atoms with Crippen LogP contribution < -0.4 is 5.32 Å². The summed E-state index contributed by atoms with van der Waals surface area (Å²) in [5.41, 5.74) is 0.470. The number of methoxy groups -OCH3 is 1. The van der Waals surface area contributed by atoms with Gasteiger partial charge in [-0.15, -0.1) is 0 Å². The topological polar surface area (TPSA) is 77.0 Å². The number of nitrogens with one attached hydrogen (secondary N) is 1. The second-order valence-corrected chi connectivity index (χ2v) is 16.9. The van der Waals surface area contributed by atoms with Crippen LogP contribution in [-0.2, 0) is 19.0 Å². The highest BCUT2D eigenvalue weighted by molar-refractivity contribution is 5.66. The Labute approximate surface area is 249 Å². The SMILES string of the molecule is COCCN[C@H]1CC[C@@]23C(CCC4C5CC6OC([C@H](OC(C)=O)C(C)(C)O)C[C@@H](C)C6[C@@]5(C)CC[C@]42[C@@H]3C)C1(C)C. The van der Waals surface area contributed by atoms with Crippen molar-refractivity contribution in [2.75, 3.05) is 20.3 Å². The van der Waals surface area contributed by atoms with E-state index in [2.05, 4.69) is 39.9 Å². The van der Waals surface area contributed by atoms with Crippen molar-refractivity contribution in [3.63, 3.8) is 0 Å². The van der Waals surface area contributed by atoms with Crippen LogP contribution in [0, 0.1) is 57.2 Å². The summed E-state index contributed by atoms with van der Waals surface area (Å²) in [6.07, 6.45) is 9.37. The zero-order valence-electron chi connectivity index (χ0n) is 27.4. The van der Waals surface area contributed by atoms with Crippen LogP contribution in [0.4, 0.5) is 0 Å². The predicted molar refractivity (Wildman–Crippen MR) is 160 cm³/mol. The van der Waals surface area contributed by atoms with E-state index in [1.807, 2.05) is 0 Å². The van der Waals surface area contributed by atoms with Gasteiger partial charge in [0.15, 0.2) is 6.10 Å². The number of hydrogen-bond acceptors (Lipinski definition) is 6. The molecule has 6 unspecified atom stereocenters. The van der Waals surface area contributed by atoms with Crippen molar-refractivity contribution in [1.29, 1.82) is 0 Å². The molecule has 0 amide bonds. The first-order valence-corrected chi connectivity index (χ1v) is 16.9. The average molecular weight is 574 g/mol. The lowest BCUT2D eigenvalue weighted by Crippen LogP contribution is -2.58. The highest BCUT2D eigenvalue weighted by atomic mass is 16.6. The fourth-order valence-electron chi connectivity index (χ4n) is 13.4. The van der Waals surface area contributed by atoms with Crippen molar-refractivity contribution < 1.29 is 24.1 Å². The first-order valence-electron chi connectivity index (χ1n) is 16.9. The van der Waals surface area contributed by atoms with Crippen molar-refractivity contribution in [3.05, 3.63) is 0 Å².